The molecule has 0 spiro atoms. The average molecular weight is 307 g/mol. The van der Waals surface area contributed by atoms with E-state index in [1.54, 1.807) is 6.20 Å². The topological polar surface area (TPSA) is 34.1 Å². The number of pyridine rings is 1. The molecule has 0 atom stereocenters. The second-order valence-electron chi connectivity index (χ2n) is 3.84. The first-order valence-corrected chi connectivity index (χ1v) is 6.61. The van der Waals surface area contributed by atoms with Gasteiger partial charge in [-0.05, 0) is 53.5 Å². The Bertz CT molecular complexity index is 543. The quantitative estimate of drug-likeness (QED) is 0.914. The average Bonchev–Trinajstić information content (AvgIpc) is 2.37. The van der Waals surface area contributed by atoms with Gasteiger partial charge in [0.15, 0.2) is 0 Å². The number of nitrogens with zero attached hydrogens (tertiary/aromatic N) is 1. The minimum absolute atomic E-state index is 0.640. The third kappa shape index (κ3) is 2.82. The van der Waals surface area contributed by atoms with Gasteiger partial charge < -0.3 is 10.1 Å². The lowest BCUT2D eigenvalue weighted by Crippen LogP contribution is -2.00. The van der Waals surface area contributed by atoms with Gasteiger partial charge in [-0.3, -0.25) is 0 Å². The van der Waals surface area contributed by atoms with Gasteiger partial charge in [-0.2, -0.15) is 0 Å². The number of benzene rings is 1. The van der Waals surface area contributed by atoms with Crippen LogP contribution in [0.5, 0.6) is 5.75 Å². The van der Waals surface area contributed by atoms with Gasteiger partial charge in [-0.1, -0.05) is 12.1 Å². The van der Waals surface area contributed by atoms with E-state index in [1.807, 2.05) is 44.2 Å². The van der Waals surface area contributed by atoms with Crippen LogP contribution in [0.4, 0.5) is 11.5 Å². The van der Waals surface area contributed by atoms with Gasteiger partial charge >= 0.3 is 0 Å². The molecule has 1 N–H and O–H groups in total. The zero-order valence-corrected chi connectivity index (χ0v) is 12.0. The number of hydrogen-bond acceptors (Lipinski definition) is 3. The molecule has 0 aliphatic heterocycles. The summed E-state index contributed by atoms with van der Waals surface area (Å²) in [5.41, 5.74) is 2.06. The monoisotopic (exact) mass is 306 g/mol. The second kappa shape index (κ2) is 5.87. The van der Waals surface area contributed by atoms with Crippen molar-refractivity contribution in [3.05, 3.63) is 46.6 Å². The molecule has 18 heavy (non-hydrogen) atoms. The van der Waals surface area contributed by atoms with Gasteiger partial charge in [0.2, 0.25) is 0 Å². The van der Waals surface area contributed by atoms with Crippen LogP contribution in [-0.4, -0.2) is 11.6 Å². The number of halogens is 1. The predicted octanol–water partition coefficient (Wildman–Crippen LogP) is 4.29. The van der Waals surface area contributed by atoms with Crippen molar-refractivity contribution >= 4 is 27.4 Å². The fraction of sp³-hybridized carbons (Fsp3) is 0.214. The molecular weight excluding hydrogens is 292 g/mol. The molecular formula is C14H15BrN2O. The van der Waals surface area contributed by atoms with Crippen molar-refractivity contribution in [2.75, 3.05) is 11.9 Å². The van der Waals surface area contributed by atoms with Crippen molar-refractivity contribution in [1.82, 2.24) is 4.98 Å². The molecule has 1 aromatic heterocycles. The summed E-state index contributed by atoms with van der Waals surface area (Å²) in [6.07, 6.45) is 1.78. The maximum Gasteiger partial charge on any atom is 0.145 e. The third-order valence-electron chi connectivity index (χ3n) is 2.52. The number of aryl methyl sites for hydroxylation is 1. The third-order valence-corrected chi connectivity index (χ3v) is 3.52. The van der Waals surface area contributed by atoms with Gasteiger partial charge in [-0.25, -0.2) is 4.98 Å². The normalized spacial score (nSPS) is 10.2. The Balaban J connectivity index is 2.31. The van der Waals surface area contributed by atoms with Crippen LogP contribution in [0.15, 0.2) is 41.0 Å². The number of rotatable bonds is 4. The van der Waals surface area contributed by atoms with E-state index in [1.165, 1.54) is 0 Å². The zero-order chi connectivity index (χ0) is 13.0. The highest BCUT2D eigenvalue weighted by atomic mass is 79.9. The van der Waals surface area contributed by atoms with Gasteiger partial charge in [-0.15, -0.1) is 0 Å². The van der Waals surface area contributed by atoms with Crippen LogP contribution in [0.25, 0.3) is 0 Å². The first-order valence-electron chi connectivity index (χ1n) is 5.82. The largest absolute Gasteiger partial charge is 0.492 e. The molecule has 4 heteroatoms. The molecule has 0 saturated carbocycles. The Morgan fingerprint density at radius 3 is 2.83 bits per heavy atom. The SMILES string of the molecule is CCOc1ccccc1Nc1nccc(C)c1Br. The highest BCUT2D eigenvalue weighted by molar-refractivity contribution is 9.10. The lowest BCUT2D eigenvalue weighted by Gasteiger charge is -2.13. The van der Waals surface area contributed by atoms with E-state index >= 15 is 0 Å². The molecule has 0 aliphatic rings. The molecule has 0 amide bonds. The molecule has 2 aromatic rings. The van der Waals surface area contributed by atoms with E-state index in [9.17, 15) is 0 Å². The minimum atomic E-state index is 0.640. The molecule has 2 rings (SSSR count). The summed E-state index contributed by atoms with van der Waals surface area (Å²) in [5.74, 6) is 1.62. The van der Waals surface area contributed by atoms with Crippen molar-refractivity contribution < 1.29 is 4.74 Å². The van der Waals surface area contributed by atoms with E-state index in [0.717, 1.165) is 27.3 Å². The molecule has 1 aromatic carbocycles. The molecule has 0 unspecified atom stereocenters. The van der Waals surface area contributed by atoms with E-state index in [-0.39, 0.29) is 0 Å². The molecule has 0 bridgehead atoms. The van der Waals surface area contributed by atoms with Crippen LogP contribution >= 0.6 is 15.9 Å². The molecule has 0 saturated heterocycles. The van der Waals surface area contributed by atoms with Gasteiger partial charge in [0.25, 0.3) is 0 Å². The Labute approximate surface area is 115 Å². The summed E-state index contributed by atoms with van der Waals surface area (Å²) < 4.78 is 6.54. The summed E-state index contributed by atoms with van der Waals surface area (Å²) in [7, 11) is 0. The van der Waals surface area contributed by atoms with Gasteiger partial charge in [0.05, 0.1) is 16.8 Å². The standard InChI is InChI=1S/C14H15BrN2O/c1-3-18-12-7-5-4-6-11(12)17-14-13(15)10(2)8-9-16-14/h4-9H,3H2,1-2H3,(H,16,17). The number of anilines is 2. The number of aromatic nitrogens is 1. The van der Waals surface area contributed by atoms with Crippen LogP contribution in [0.1, 0.15) is 12.5 Å². The highest BCUT2D eigenvalue weighted by Gasteiger charge is 2.07. The van der Waals surface area contributed by atoms with Crippen molar-refractivity contribution in [3.63, 3.8) is 0 Å². The summed E-state index contributed by atoms with van der Waals surface area (Å²) in [6.45, 7) is 4.64. The second-order valence-corrected chi connectivity index (χ2v) is 4.64. The molecule has 0 radical (unpaired) electrons. The maximum absolute atomic E-state index is 5.57. The minimum Gasteiger partial charge on any atom is -0.492 e. The fourth-order valence-corrected chi connectivity index (χ4v) is 1.94. The van der Waals surface area contributed by atoms with Crippen molar-refractivity contribution in [2.24, 2.45) is 0 Å². The lowest BCUT2D eigenvalue weighted by molar-refractivity contribution is 0.342. The molecule has 1 heterocycles. The van der Waals surface area contributed by atoms with Crippen molar-refractivity contribution in [3.8, 4) is 5.75 Å². The molecule has 94 valence electrons. The highest BCUT2D eigenvalue weighted by Crippen LogP contribution is 2.31. The summed E-state index contributed by atoms with van der Waals surface area (Å²) >= 11 is 3.54. The lowest BCUT2D eigenvalue weighted by atomic mass is 10.2. The van der Waals surface area contributed by atoms with E-state index < -0.39 is 0 Å². The Morgan fingerprint density at radius 1 is 1.28 bits per heavy atom. The number of ether oxygens (including phenoxy) is 1. The Kier molecular flexibility index (Phi) is 4.20. The summed E-state index contributed by atoms with van der Waals surface area (Å²) in [4.78, 5) is 4.32. The summed E-state index contributed by atoms with van der Waals surface area (Å²) in [6, 6.07) is 9.80. The van der Waals surface area contributed by atoms with Gasteiger partial charge in [0, 0.05) is 6.20 Å². The Hall–Kier alpha value is -1.55. The molecule has 0 aliphatic carbocycles. The fourth-order valence-electron chi connectivity index (χ4n) is 1.61. The first-order chi connectivity index (χ1) is 8.72. The van der Waals surface area contributed by atoms with Crippen LogP contribution in [0.2, 0.25) is 0 Å². The zero-order valence-electron chi connectivity index (χ0n) is 10.4. The number of hydrogen-bond donors (Lipinski definition) is 1. The smallest absolute Gasteiger partial charge is 0.145 e. The van der Waals surface area contributed by atoms with Gasteiger partial charge in [0.1, 0.15) is 11.6 Å². The van der Waals surface area contributed by atoms with E-state index in [0.29, 0.717) is 6.61 Å². The number of nitrogens with one attached hydrogen (secondary N) is 1. The summed E-state index contributed by atoms with van der Waals surface area (Å²) in [5, 5.41) is 3.28. The van der Waals surface area contributed by atoms with E-state index in [4.69, 9.17) is 4.74 Å². The molecule has 0 fully saturated rings. The van der Waals surface area contributed by atoms with Crippen molar-refractivity contribution in [2.45, 2.75) is 13.8 Å². The van der Waals surface area contributed by atoms with E-state index in [2.05, 4.69) is 26.2 Å². The Morgan fingerprint density at radius 2 is 2.06 bits per heavy atom. The molecule has 3 nitrogen and oxygen atoms in total. The predicted molar refractivity (Wildman–Crippen MR) is 77.6 cm³/mol. The first kappa shape index (κ1) is 12.9. The maximum atomic E-state index is 5.57. The van der Waals surface area contributed by atoms with Crippen LogP contribution in [0.3, 0.4) is 0 Å². The van der Waals surface area contributed by atoms with Crippen LogP contribution in [-0.2, 0) is 0 Å². The van der Waals surface area contributed by atoms with Crippen LogP contribution in [0, 0.1) is 6.92 Å². The number of para-hydroxylation sites is 2. The van der Waals surface area contributed by atoms with Crippen LogP contribution < -0.4 is 10.1 Å². The van der Waals surface area contributed by atoms with Crippen molar-refractivity contribution in [1.29, 1.82) is 0 Å².